The van der Waals surface area contributed by atoms with Crippen LogP contribution in [0.25, 0.3) is 11.0 Å². The topological polar surface area (TPSA) is 69.9 Å². The van der Waals surface area contributed by atoms with Gasteiger partial charge in [0.2, 0.25) is 0 Å². The molecule has 0 unspecified atom stereocenters. The Hall–Kier alpha value is -2.47. The molecular formula is C25H22BrF5N4O2. The Morgan fingerprint density at radius 3 is 2.57 bits per heavy atom. The highest BCUT2D eigenvalue weighted by Gasteiger charge is 2.79. The monoisotopic (exact) mass is 584 g/mol. The number of pyridine rings is 2. The molecule has 4 heterocycles. The summed E-state index contributed by atoms with van der Waals surface area (Å²) in [4.78, 5) is 25.9. The molecule has 3 aromatic rings. The molecule has 0 spiro atoms. The van der Waals surface area contributed by atoms with Crippen LogP contribution in [0.1, 0.15) is 73.5 Å². The molecule has 196 valence electrons. The summed E-state index contributed by atoms with van der Waals surface area (Å²) in [5, 5.41) is 0.643. The van der Waals surface area contributed by atoms with E-state index in [1.807, 2.05) is 13.0 Å². The normalized spacial score (nSPS) is 29.3. The fraction of sp³-hybridized carbons (Fsp3) is 0.520. The first-order valence-corrected chi connectivity index (χ1v) is 12.7. The van der Waals surface area contributed by atoms with Crippen LogP contribution in [0.4, 0.5) is 22.0 Å². The second-order valence-corrected chi connectivity index (χ2v) is 11.4. The zero-order valence-electron chi connectivity index (χ0n) is 19.7. The molecule has 3 aromatic heterocycles. The lowest BCUT2D eigenvalue weighted by Gasteiger charge is -2.70. The summed E-state index contributed by atoms with van der Waals surface area (Å²) in [7, 11) is 0. The van der Waals surface area contributed by atoms with Crippen molar-refractivity contribution >= 4 is 27.0 Å². The predicted octanol–water partition coefficient (Wildman–Crippen LogP) is 6.27. The predicted molar refractivity (Wildman–Crippen MR) is 126 cm³/mol. The van der Waals surface area contributed by atoms with Gasteiger partial charge in [0, 0.05) is 40.1 Å². The van der Waals surface area contributed by atoms with Crippen molar-refractivity contribution in [3.63, 3.8) is 0 Å². The first-order valence-electron chi connectivity index (χ1n) is 12.0. The Morgan fingerprint density at radius 1 is 1.16 bits per heavy atom. The molecule has 0 radical (unpaired) electrons. The molecular weight excluding hydrogens is 563 g/mol. The van der Waals surface area contributed by atoms with E-state index in [1.165, 1.54) is 6.07 Å². The second kappa shape index (κ2) is 8.26. The van der Waals surface area contributed by atoms with Gasteiger partial charge in [-0.05, 0) is 72.7 Å². The van der Waals surface area contributed by atoms with Crippen LogP contribution in [0.3, 0.4) is 0 Å². The summed E-state index contributed by atoms with van der Waals surface area (Å²) in [5.41, 5.74) is -0.920. The lowest BCUT2D eigenvalue weighted by molar-refractivity contribution is -0.337. The molecule has 2 atom stereocenters. The zero-order chi connectivity index (χ0) is 26.3. The molecule has 2 bridgehead atoms. The Balaban J connectivity index is 1.37. The molecule has 12 heteroatoms. The van der Waals surface area contributed by atoms with E-state index in [9.17, 15) is 26.7 Å². The SMILES string of the molecule is Cc1nc2nc([C@H]3CCO[C@@H](c4ccc(=O)n(C(F)F)c4)C3)nc(C34CC(C(F)(F)F)(C3)C4)c2cc1Br. The van der Waals surface area contributed by atoms with Crippen molar-refractivity contribution in [1.82, 2.24) is 19.5 Å². The summed E-state index contributed by atoms with van der Waals surface area (Å²) in [6.45, 7) is -0.845. The summed E-state index contributed by atoms with van der Waals surface area (Å²) < 4.78 is 74.2. The van der Waals surface area contributed by atoms with Crippen molar-refractivity contribution in [2.75, 3.05) is 6.61 Å². The lowest BCUT2D eigenvalue weighted by atomic mass is 9.33. The molecule has 6 nitrogen and oxygen atoms in total. The number of rotatable bonds is 4. The van der Waals surface area contributed by atoms with Crippen LogP contribution in [0.15, 0.2) is 33.7 Å². The number of hydrogen-bond acceptors (Lipinski definition) is 5. The van der Waals surface area contributed by atoms with Gasteiger partial charge < -0.3 is 4.74 Å². The molecule has 0 N–H and O–H groups in total. The van der Waals surface area contributed by atoms with Crippen LogP contribution in [0, 0.1) is 12.3 Å². The average molecular weight is 585 g/mol. The third-order valence-electron chi connectivity index (χ3n) is 8.16. The minimum atomic E-state index is -4.24. The van der Waals surface area contributed by atoms with Crippen molar-refractivity contribution in [2.24, 2.45) is 5.41 Å². The standard InChI is InChI=1S/C25H22BrF5N4O2/c1-12-16(26)7-15-19(23-9-24(10-23,11-23)25(29,30)31)33-20(34-21(15)32-12)13-4-5-37-17(6-13)14-2-3-18(36)35(8-14)22(27)28/h2-3,7-8,13,17,22H,4-6,9-11H2,1H3/t13-,17+,23?,24?/m0/s1. The highest BCUT2D eigenvalue weighted by atomic mass is 79.9. The van der Waals surface area contributed by atoms with E-state index >= 15 is 0 Å². The van der Waals surface area contributed by atoms with Gasteiger partial charge in [0.05, 0.1) is 22.9 Å². The number of hydrogen-bond donors (Lipinski definition) is 0. The number of nitrogens with zero attached hydrogens (tertiary/aromatic N) is 4. The first-order chi connectivity index (χ1) is 17.4. The van der Waals surface area contributed by atoms with Crippen LogP contribution in [0.5, 0.6) is 0 Å². The Bertz CT molecular complexity index is 1450. The first kappa shape index (κ1) is 24.8. The Morgan fingerprint density at radius 2 is 1.89 bits per heavy atom. The highest BCUT2D eigenvalue weighted by molar-refractivity contribution is 9.10. The van der Waals surface area contributed by atoms with Crippen LogP contribution >= 0.6 is 15.9 Å². The minimum Gasteiger partial charge on any atom is -0.373 e. The largest absolute Gasteiger partial charge is 0.394 e. The molecule has 0 aromatic carbocycles. The van der Waals surface area contributed by atoms with Crippen LogP contribution < -0.4 is 5.56 Å². The summed E-state index contributed by atoms with van der Waals surface area (Å²) in [6.07, 6.45) is -2.74. The van der Waals surface area contributed by atoms with Crippen LogP contribution in [-0.4, -0.2) is 32.3 Å². The fourth-order valence-electron chi connectivity index (χ4n) is 6.19. The van der Waals surface area contributed by atoms with E-state index in [2.05, 4.69) is 20.9 Å². The third-order valence-corrected chi connectivity index (χ3v) is 8.96. The van der Waals surface area contributed by atoms with Crippen LogP contribution in [0.2, 0.25) is 0 Å². The fourth-order valence-corrected chi connectivity index (χ4v) is 6.51. The molecule has 0 amide bonds. The molecule has 7 rings (SSSR count). The highest BCUT2D eigenvalue weighted by Crippen LogP contribution is 2.78. The van der Waals surface area contributed by atoms with E-state index in [1.54, 1.807) is 0 Å². The number of aromatic nitrogens is 4. The van der Waals surface area contributed by atoms with E-state index in [0.717, 1.165) is 16.7 Å². The lowest BCUT2D eigenvalue weighted by Crippen LogP contribution is -2.70. The van der Waals surface area contributed by atoms with Gasteiger partial charge in [-0.3, -0.25) is 9.36 Å². The van der Waals surface area contributed by atoms with Gasteiger partial charge in [-0.2, -0.15) is 22.0 Å². The van der Waals surface area contributed by atoms with Gasteiger partial charge in [0.15, 0.2) is 5.65 Å². The van der Waals surface area contributed by atoms with Crippen molar-refractivity contribution in [3.05, 3.63) is 62.0 Å². The van der Waals surface area contributed by atoms with Crippen molar-refractivity contribution < 1.29 is 26.7 Å². The van der Waals surface area contributed by atoms with Crippen LogP contribution in [-0.2, 0) is 10.2 Å². The molecule has 4 aliphatic rings. The van der Waals surface area contributed by atoms with Gasteiger partial charge in [-0.25, -0.2) is 15.0 Å². The molecule has 3 saturated carbocycles. The summed E-state index contributed by atoms with van der Waals surface area (Å²) in [6, 6.07) is 4.39. The third kappa shape index (κ3) is 3.81. The number of fused-ring (bicyclic) bond motifs is 1. The van der Waals surface area contributed by atoms with Crippen molar-refractivity contribution in [3.8, 4) is 0 Å². The maximum Gasteiger partial charge on any atom is 0.394 e. The van der Waals surface area contributed by atoms with Crippen molar-refractivity contribution in [1.29, 1.82) is 0 Å². The second-order valence-electron chi connectivity index (χ2n) is 10.5. The number of ether oxygens (including phenoxy) is 1. The van der Waals surface area contributed by atoms with Gasteiger partial charge >= 0.3 is 12.7 Å². The van der Waals surface area contributed by atoms with Crippen molar-refractivity contribution in [2.45, 2.75) is 69.2 Å². The quantitative estimate of drug-likeness (QED) is 0.338. The van der Waals surface area contributed by atoms with Gasteiger partial charge in [-0.15, -0.1) is 0 Å². The van der Waals surface area contributed by atoms with E-state index in [-0.39, 0.29) is 25.2 Å². The molecule has 4 fully saturated rings. The maximum absolute atomic E-state index is 13.6. The van der Waals surface area contributed by atoms with E-state index < -0.39 is 35.2 Å². The molecule has 1 aliphatic heterocycles. The summed E-state index contributed by atoms with van der Waals surface area (Å²) >= 11 is 3.47. The van der Waals surface area contributed by atoms with Gasteiger partial charge in [0.25, 0.3) is 5.56 Å². The smallest absolute Gasteiger partial charge is 0.373 e. The minimum absolute atomic E-state index is 0.00608. The van der Waals surface area contributed by atoms with E-state index in [4.69, 9.17) is 14.7 Å². The zero-order valence-corrected chi connectivity index (χ0v) is 21.2. The molecule has 37 heavy (non-hydrogen) atoms. The number of aryl methyl sites for hydroxylation is 1. The number of halogens is 6. The summed E-state index contributed by atoms with van der Waals surface area (Å²) in [5.74, 6) is 0.251. The molecule has 3 aliphatic carbocycles. The number of alkyl halides is 5. The Labute approximate surface area is 216 Å². The van der Waals surface area contributed by atoms with Gasteiger partial charge in [-0.1, -0.05) is 0 Å². The Kier molecular flexibility index (Phi) is 5.55. The molecule has 1 saturated heterocycles. The van der Waals surface area contributed by atoms with Gasteiger partial charge in [0.1, 0.15) is 5.82 Å². The maximum atomic E-state index is 13.6. The van der Waals surface area contributed by atoms with E-state index in [0.29, 0.717) is 57.8 Å². The average Bonchev–Trinajstić information content (AvgIpc) is 2.77.